The summed E-state index contributed by atoms with van der Waals surface area (Å²) in [6.45, 7) is 8.05. The lowest BCUT2D eigenvalue weighted by molar-refractivity contribution is 0.117. The molecule has 6 heteroatoms. The van der Waals surface area contributed by atoms with Crippen LogP contribution in [-0.2, 0) is 12.1 Å². The second-order valence-electron chi connectivity index (χ2n) is 7.89. The van der Waals surface area contributed by atoms with Gasteiger partial charge in [0.2, 0.25) is 0 Å². The van der Waals surface area contributed by atoms with E-state index in [9.17, 15) is 9.50 Å². The number of hydrogen-bond acceptors (Lipinski definition) is 4. The quantitative estimate of drug-likeness (QED) is 0.903. The van der Waals surface area contributed by atoms with E-state index in [4.69, 9.17) is 0 Å². The number of rotatable bonds is 5. The van der Waals surface area contributed by atoms with E-state index in [0.29, 0.717) is 12.5 Å². The third kappa shape index (κ3) is 4.44. The molecule has 1 saturated heterocycles. The fourth-order valence-electron chi connectivity index (χ4n) is 3.36. The van der Waals surface area contributed by atoms with Crippen molar-refractivity contribution in [3.8, 4) is 0 Å². The summed E-state index contributed by atoms with van der Waals surface area (Å²) in [7, 11) is 0. The van der Waals surface area contributed by atoms with Crippen molar-refractivity contribution in [3.63, 3.8) is 0 Å². The van der Waals surface area contributed by atoms with Crippen molar-refractivity contribution in [2.24, 2.45) is 0 Å². The average molecular weight is 346 g/mol. The number of aromatic nitrogens is 3. The van der Waals surface area contributed by atoms with E-state index in [2.05, 4.69) is 36.0 Å². The number of aliphatic hydroxyl groups excluding tert-OH is 1. The molecule has 1 N–H and O–H groups in total. The van der Waals surface area contributed by atoms with Crippen molar-refractivity contribution >= 4 is 0 Å². The van der Waals surface area contributed by atoms with Crippen molar-refractivity contribution in [1.82, 2.24) is 19.9 Å². The Morgan fingerprint density at radius 3 is 2.64 bits per heavy atom. The van der Waals surface area contributed by atoms with Crippen LogP contribution in [0.25, 0.3) is 0 Å². The molecule has 1 aliphatic rings. The number of hydrogen-bond donors (Lipinski definition) is 1. The van der Waals surface area contributed by atoms with Crippen LogP contribution in [0.5, 0.6) is 0 Å². The first kappa shape index (κ1) is 18.0. The molecule has 2 heterocycles. The van der Waals surface area contributed by atoms with Gasteiger partial charge >= 0.3 is 0 Å². The molecule has 3 rings (SSSR count). The van der Waals surface area contributed by atoms with E-state index in [1.807, 2.05) is 10.9 Å². The standard InChI is InChI=1S/C19H27FN4O/c1-19(2,3)24-13-16(21-22-24)12-23-10-4-5-17(23)11-18(25)14-6-8-15(20)9-7-14/h6-9,13,17-18,25H,4-5,10-12H2,1-3H3/t17-,18+/m1/s1. The maximum Gasteiger partial charge on any atom is 0.123 e. The molecular weight excluding hydrogens is 319 g/mol. The first-order chi connectivity index (χ1) is 11.8. The molecule has 0 spiro atoms. The van der Waals surface area contributed by atoms with Crippen LogP contribution in [0, 0.1) is 5.82 Å². The van der Waals surface area contributed by atoms with Gasteiger partial charge in [-0.05, 0) is 64.3 Å². The van der Waals surface area contributed by atoms with Gasteiger partial charge in [0, 0.05) is 12.6 Å². The Morgan fingerprint density at radius 1 is 1.28 bits per heavy atom. The van der Waals surface area contributed by atoms with E-state index in [1.54, 1.807) is 12.1 Å². The molecule has 2 aromatic rings. The van der Waals surface area contributed by atoms with Gasteiger partial charge in [-0.25, -0.2) is 9.07 Å². The van der Waals surface area contributed by atoms with Gasteiger partial charge in [0.15, 0.2) is 0 Å². The van der Waals surface area contributed by atoms with Crippen LogP contribution in [0.4, 0.5) is 4.39 Å². The summed E-state index contributed by atoms with van der Waals surface area (Å²) in [5, 5.41) is 19.0. The molecule has 25 heavy (non-hydrogen) atoms. The van der Waals surface area contributed by atoms with E-state index in [1.165, 1.54) is 12.1 Å². The zero-order valence-corrected chi connectivity index (χ0v) is 15.2. The Bertz CT molecular complexity index is 692. The molecule has 0 radical (unpaired) electrons. The van der Waals surface area contributed by atoms with Gasteiger partial charge in [0.25, 0.3) is 0 Å². The Hall–Kier alpha value is -1.79. The molecule has 0 unspecified atom stereocenters. The molecule has 5 nitrogen and oxygen atoms in total. The van der Waals surface area contributed by atoms with Gasteiger partial charge in [-0.3, -0.25) is 4.90 Å². The molecule has 0 amide bonds. The predicted molar refractivity (Wildman–Crippen MR) is 94.4 cm³/mol. The molecule has 0 aliphatic carbocycles. The molecule has 0 bridgehead atoms. The minimum Gasteiger partial charge on any atom is -0.388 e. The minimum atomic E-state index is -0.573. The predicted octanol–water partition coefficient (Wildman–Crippen LogP) is 3.26. The Kier molecular flexibility index (Phi) is 5.20. The third-order valence-corrected chi connectivity index (χ3v) is 4.84. The molecular formula is C19H27FN4O. The number of aliphatic hydroxyl groups is 1. The topological polar surface area (TPSA) is 54.2 Å². The molecule has 1 aromatic heterocycles. The van der Waals surface area contributed by atoms with Crippen LogP contribution in [0.1, 0.15) is 57.4 Å². The minimum absolute atomic E-state index is 0.0750. The maximum absolute atomic E-state index is 13.0. The summed E-state index contributed by atoms with van der Waals surface area (Å²) in [5.74, 6) is -0.277. The molecule has 1 fully saturated rings. The van der Waals surface area contributed by atoms with Crippen molar-refractivity contribution in [1.29, 1.82) is 0 Å². The first-order valence-electron chi connectivity index (χ1n) is 8.92. The van der Waals surface area contributed by atoms with E-state index in [-0.39, 0.29) is 11.4 Å². The molecule has 1 aromatic carbocycles. The highest BCUT2D eigenvalue weighted by Crippen LogP contribution is 2.28. The van der Waals surface area contributed by atoms with Gasteiger partial charge in [-0.2, -0.15) is 0 Å². The fraction of sp³-hybridized carbons (Fsp3) is 0.579. The maximum atomic E-state index is 13.0. The number of halogens is 1. The van der Waals surface area contributed by atoms with Crippen molar-refractivity contribution in [2.75, 3.05) is 6.54 Å². The summed E-state index contributed by atoms with van der Waals surface area (Å²) >= 11 is 0. The molecule has 1 aliphatic heterocycles. The zero-order chi connectivity index (χ0) is 18.0. The van der Waals surface area contributed by atoms with Crippen LogP contribution in [0.3, 0.4) is 0 Å². The summed E-state index contributed by atoms with van der Waals surface area (Å²) in [6.07, 6.45) is 4.27. The lowest BCUT2D eigenvalue weighted by atomic mass is 10.0. The molecule has 0 saturated carbocycles. The lowest BCUT2D eigenvalue weighted by Crippen LogP contribution is -2.30. The fourth-order valence-corrected chi connectivity index (χ4v) is 3.36. The van der Waals surface area contributed by atoms with E-state index in [0.717, 1.165) is 37.2 Å². The number of nitrogens with zero attached hydrogens (tertiary/aromatic N) is 4. The summed E-state index contributed by atoms with van der Waals surface area (Å²) in [5.41, 5.74) is 1.65. The Balaban J connectivity index is 1.62. The Labute approximate surface area is 148 Å². The Morgan fingerprint density at radius 2 is 2.00 bits per heavy atom. The average Bonchev–Trinajstić information content (AvgIpc) is 3.18. The molecule has 2 atom stereocenters. The number of benzene rings is 1. The van der Waals surface area contributed by atoms with Gasteiger partial charge in [0.1, 0.15) is 5.82 Å². The van der Waals surface area contributed by atoms with Crippen molar-refractivity contribution in [3.05, 3.63) is 47.5 Å². The lowest BCUT2D eigenvalue weighted by Gasteiger charge is -2.25. The van der Waals surface area contributed by atoms with Gasteiger partial charge in [-0.15, -0.1) is 5.10 Å². The smallest absolute Gasteiger partial charge is 0.123 e. The van der Waals surface area contributed by atoms with Crippen molar-refractivity contribution < 1.29 is 9.50 Å². The molecule has 136 valence electrons. The third-order valence-electron chi connectivity index (χ3n) is 4.84. The summed E-state index contributed by atoms with van der Waals surface area (Å²) in [4.78, 5) is 2.36. The SMILES string of the molecule is CC(C)(C)n1cc(CN2CCC[C@@H]2C[C@H](O)c2ccc(F)cc2)nn1. The van der Waals surface area contributed by atoms with Crippen LogP contribution in [-0.4, -0.2) is 37.6 Å². The van der Waals surface area contributed by atoms with Gasteiger partial charge in [-0.1, -0.05) is 17.3 Å². The van der Waals surface area contributed by atoms with E-state index < -0.39 is 6.10 Å². The van der Waals surface area contributed by atoms with Crippen LogP contribution < -0.4 is 0 Å². The monoisotopic (exact) mass is 346 g/mol. The van der Waals surface area contributed by atoms with E-state index >= 15 is 0 Å². The van der Waals surface area contributed by atoms with Crippen LogP contribution in [0.15, 0.2) is 30.5 Å². The highest BCUT2D eigenvalue weighted by Gasteiger charge is 2.28. The van der Waals surface area contributed by atoms with Gasteiger partial charge in [0.05, 0.1) is 23.5 Å². The highest BCUT2D eigenvalue weighted by molar-refractivity contribution is 5.18. The first-order valence-corrected chi connectivity index (χ1v) is 8.92. The largest absolute Gasteiger partial charge is 0.388 e. The zero-order valence-electron chi connectivity index (χ0n) is 15.2. The van der Waals surface area contributed by atoms with Gasteiger partial charge < -0.3 is 5.11 Å². The normalized spacial score (nSPS) is 20.1. The highest BCUT2D eigenvalue weighted by atomic mass is 19.1. The second-order valence-corrected chi connectivity index (χ2v) is 7.89. The van der Waals surface area contributed by atoms with Crippen LogP contribution in [0.2, 0.25) is 0 Å². The summed E-state index contributed by atoms with van der Waals surface area (Å²) < 4.78 is 14.9. The number of likely N-dealkylation sites (tertiary alicyclic amines) is 1. The van der Waals surface area contributed by atoms with Crippen LogP contribution >= 0.6 is 0 Å². The summed E-state index contributed by atoms with van der Waals surface area (Å²) in [6, 6.07) is 6.42. The van der Waals surface area contributed by atoms with Crippen molar-refractivity contribution in [2.45, 2.75) is 64.3 Å². The second kappa shape index (κ2) is 7.22.